The second-order valence-corrected chi connectivity index (χ2v) is 4.48. The van der Waals surface area contributed by atoms with Crippen LogP contribution in [-0.2, 0) is 4.74 Å². The summed E-state index contributed by atoms with van der Waals surface area (Å²) in [7, 11) is 0. The number of nitrogens with zero attached hydrogens (tertiary/aromatic N) is 1. The number of carbonyl (C=O) groups is 1. The predicted octanol–water partition coefficient (Wildman–Crippen LogP) is 2.08. The molecule has 1 heterocycles. The SMILES string of the molecule is CC1CN(C(=O)c2cccc(F)c2)CC(C)O1. The lowest BCUT2D eigenvalue weighted by Crippen LogP contribution is -2.48. The first kappa shape index (κ1) is 12.0. The molecule has 1 amide bonds. The average Bonchev–Trinajstić information content (AvgIpc) is 2.26. The second-order valence-electron chi connectivity index (χ2n) is 4.48. The van der Waals surface area contributed by atoms with E-state index in [1.54, 1.807) is 17.0 Å². The van der Waals surface area contributed by atoms with E-state index in [1.807, 2.05) is 13.8 Å². The Morgan fingerprint density at radius 1 is 1.35 bits per heavy atom. The zero-order valence-corrected chi connectivity index (χ0v) is 10.0. The molecule has 0 aromatic heterocycles. The molecule has 1 saturated heterocycles. The van der Waals surface area contributed by atoms with Gasteiger partial charge in [-0.15, -0.1) is 0 Å². The minimum absolute atomic E-state index is 0.0243. The van der Waals surface area contributed by atoms with Crippen molar-refractivity contribution < 1.29 is 13.9 Å². The summed E-state index contributed by atoms with van der Waals surface area (Å²) in [6.07, 6.45) is 0.0486. The van der Waals surface area contributed by atoms with Gasteiger partial charge >= 0.3 is 0 Å². The molecule has 1 fully saturated rings. The van der Waals surface area contributed by atoms with Crippen molar-refractivity contribution in [3.05, 3.63) is 35.6 Å². The summed E-state index contributed by atoms with van der Waals surface area (Å²) in [5.74, 6) is -0.517. The summed E-state index contributed by atoms with van der Waals surface area (Å²) in [4.78, 5) is 13.9. The first-order valence-electron chi connectivity index (χ1n) is 5.76. The van der Waals surface area contributed by atoms with Crippen molar-refractivity contribution in [2.75, 3.05) is 13.1 Å². The molecule has 2 atom stereocenters. The van der Waals surface area contributed by atoms with E-state index in [0.29, 0.717) is 18.7 Å². The van der Waals surface area contributed by atoms with Crippen LogP contribution >= 0.6 is 0 Å². The molecule has 3 nitrogen and oxygen atoms in total. The molecule has 17 heavy (non-hydrogen) atoms. The van der Waals surface area contributed by atoms with E-state index in [2.05, 4.69) is 0 Å². The van der Waals surface area contributed by atoms with E-state index in [0.717, 1.165) is 0 Å². The van der Waals surface area contributed by atoms with Crippen LogP contribution in [0.3, 0.4) is 0 Å². The number of carbonyl (C=O) groups excluding carboxylic acids is 1. The van der Waals surface area contributed by atoms with E-state index in [9.17, 15) is 9.18 Å². The van der Waals surface area contributed by atoms with E-state index >= 15 is 0 Å². The Kier molecular flexibility index (Phi) is 3.43. The number of benzene rings is 1. The molecule has 2 unspecified atom stereocenters. The molecule has 1 aromatic rings. The van der Waals surface area contributed by atoms with Crippen molar-refractivity contribution in [1.82, 2.24) is 4.90 Å². The summed E-state index contributed by atoms with van der Waals surface area (Å²) < 4.78 is 18.6. The van der Waals surface area contributed by atoms with Crippen LogP contribution in [0, 0.1) is 5.82 Å². The average molecular weight is 237 g/mol. The number of hydrogen-bond acceptors (Lipinski definition) is 2. The van der Waals surface area contributed by atoms with E-state index in [4.69, 9.17) is 4.74 Å². The lowest BCUT2D eigenvalue weighted by molar-refractivity contribution is -0.0586. The van der Waals surface area contributed by atoms with Gasteiger partial charge in [-0.1, -0.05) is 6.07 Å². The van der Waals surface area contributed by atoms with Crippen molar-refractivity contribution in [3.63, 3.8) is 0 Å². The topological polar surface area (TPSA) is 29.5 Å². The maximum atomic E-state index is 13.1. The standard InChI is InChI=1S/C13H16FNO2/c1-9-7-15(8-10(2)17-9)13(16)11-4-3-5-12(14)6-11/h3-6,9-10H,7-8H2,1-2H3. The predicted molar refractivity (Wildman–Crippen MR) is 62.3 cm³/mol. The van der Waals surface area contributed by atoms with Gasteiger partial charge in [0.15, 0.2) is 0 Å². The third kappa shape index (κ3) is 2.82. The smallest absolute Gasteiger partial charge is 0.254 e. The van der Waals surface area contributed by atoms with Gasteiger partial charge in [-0.2, -0.15) is 0 Å². The number of morpholine rings is 1. The van der Waals surface area contributed by atoms with Crippen LogP contribution in [0.25, 0.3) is 0 Å². The van der Waals surface area contributed by atoms with Crippen molar-refractivity contribution in [3.8, 4) is 0 Å². The molecule has 0 radical (unpaired) electrons. The largest absolute Gasteiger partial charge is 0.372 e. The van der Waals surface area contributed by atoms with Gasteiger partial charge in [0.2, 0.25) is 0 Å². The van der Waals surface area contributed by atoms with Gasteiger partial charge in [-0.3, -0.25) is 4.79 Å². The number of ether oxygens (including phenoxy) is 1. The molecule has 0 spiro atoms. The van der Waals surface area contributed by atoms with Gasteiger partial charge in [0, 0.05) is 18.7 Å². The van der Waals surface area contributed by atoms with Gasteiger partial charge in [-0.05, 0) is 32.0 Å². The first-order valence-corrected chi connectivity index (χ1v) is 5.76. The number of rotatable bonds is 1. The van der Waals surface area contributed by atoms with Gasteiger partial charge in [0.05, 0.1) is 12.2 Å². The molecule has 4 heteroatoms. The Labute approximate surface area is 100 Å². The Hall–Kier alpha value is -1.42. The molecule has 0 bridgehead atoms. The summed E-state index contributed by atoms with van der Waals surface area (Å²) in [6.45, 7) is 4.97. The maximum absolute atomic E-state index is 13.1. The van der Waals surface area contributed by atoms with Crippen molar-refractivity contribution in [1.29, 1.82) is 0 Å². The highest BCUT2D eigenvalue weighted by Gasteiger charge is 2.26. The second kappa shape index (κ2) is 4.84. The monoisotopic (exact) mass is 237 g/mol. The summed E-state index contributed by atoms with van der Waals surface area (Å²) in [6, 6.07) is 5.79. The van der Waals surface area contributed by atoms with E-state index in [1.165, 1.54) is 12.1 Å². The Morgan fingerprint density at radius 3 is 2.59 bits per heavy atom. The van der Waals surface area contributed by atoms with Crippen molar-refractivity contribution in [2.24, 2.45) is 0 Å². The molecule has 1 aliphatic heterocycles. The summed E-state index contributed by atoms with van der Waals surface area (Å²) in [5.41, 5.74) is 0.395. The van der Waals surface area contributed by atoms with Crippen molar-refractivity contribution in [2.45, 2.75) is 26.1 Å². The Balaban J connectivity index is 2.14. The lowest BCUT2D eigenvalue weighted by atomic mass is 10.1. The highest BCUT2D eigenvalue weighted by Crippen LogP contribution is 2.14. The summed E-state index contributed by atoms with van der Waals surface area (Å²) >= 11 is 0. The number of amides is 1. The normalized spacial score (nSPS) is 24.8. The minimum Gasteiger partial charge on any atom is -0.372 e. The Bertz CT molecular complexity index is 412. The van der Waals surface area contributed by atoms with Crippen LogP contribution in [0.4, 0.5) is 4.39 Å². The van der Waals surface area contributed by atoms with E-state index in [-0.39, 0.29) is 23.9 Å². The minimum atomic E-state index is -0.384. The molecule has 1 aliphatic rings. The van der Waals surface area contributed by atoms with Crippen LogP contribution in [-0.4, -0.2) is 36.1 Å². The molecule has 0 aliphatic carbocycles. The van der Waals surface area contributed by atoms with E-state index < -0.39 is 0 Å². The zero-order chi connectivity index (χ0) is 12.4. The fraction of sp³-hybridized carbons (Fsp3) is 0.462. The Morgan fingerprint density at radius 2 is 2.00 bits per heavy atom. The third-order valence-electron chi connectivity index (χ3n) is 2.78. The maximum Gasteiger partial charge on any atom is 0.254 e. The summed E-state index contributed by atoms with van der Waals surface area (Å²) in [5, 5.41) is 0. The van der Waals surface area contributed by atoms with Crippen LogP contribution in [0.5, 0.6) is 0 Å². The van der Waals surface area contributed by atoms with Gasteiger partial charge in [0.25, 0.3) is 5.91 Å². The lowest BCUT2D eigenvalue weighted by Gasteiger charge is -2.35. The van der Waals surface area contributed by atoms with Crippen molar-refractivity contribution >= 4 is 5.91 Å². The van der Waals surface area contributed by atoms with Gasteiger partial charge in [0.1, 0.15) is 5.82 Å². The van der Waals surface area contributed by atoms with Crippen LogP contribution in [0.1, 0.15) is 24.2 Å². The number of halogens is 1. The molecule has 92 valence electrons. The number of hydrogen-bond donors (Lipinski definition) is 0. The van der Waals surface area contributed by atoms with Gasteiger partial charge in [-0.25, -0.2) is 4.39 Å². The molecule has 0 N–H and O–H groups in total. The molecule has 0 saturated carbocycles. The third-order valence-corrected chi connectivity index (χ3v) is 2.78. The highest BCUT2D eigenvalue weighted by molar-refractivity contribution is 5.94. The first-order chi connectivity index (χ1) is 8.06. The zero-order valence-electron chi connectivity index (χ0n) is 10.0. The molecular formula is C13H16FNO2. The molecule has 1 aromatic carbocycles. The molecule has 2 rings (SSSR count). The van der Waals surface area contributed by atoms with Crippen LogP contribution in [0.2, 0.25) is 0 Å². The molecular weight excluding hydrogens is 221 g/mol. The van der Waals surface area contributed by atoms with Gasteiger partial charge < -0.3 is 9.64 Å². The van der Waals surface area contributed by atoms with Crippen LogP contribution in [0.15, 0.2) is 24.3 Å². The van der Waals surface area contributed by atoms with Crippen LogP contribution < -0.4 is 0 Å². The quantitative estimate of drug-likeness (QED) is 0.748. The fourth-order valence-electron chi connectivity index (χ4n) is 2.15. The highest BCUT2D eigenvalue weighted by atomic mass is 19.1. The fourth-order valence-corrected chi connectivity index (χ4v) is 2.15.